The van der Waals surface area contributed by atoms with Crippen molar-refractivity contribution in [2.75, 3.05) is 13.7 Å². The minimum Gasteiger partial charge on any atom is -0.383 e. The van der Waals surface area contributed by atoms with Crippen molar-refractivity contribution in [3.63, 3.8) is 0 Å². The summed E-state index contributed by atoms with van der Waals surface area (Å²) in [6, 6.07) is 10.8. The number of benzene rings is 2. The van der Waals surface area contributed by atoms with Crippen molar-refractivity contribution in [2.24, 2.45) is 4.99 Å². The highest BCUT2D eigenvalue weighted by molar-refractivity contribution is 7.16. The summed E-state index contributed by atoms with van der Waals surface area (Å²) >= 11 is 1.28. The van der Waals surface area contributed by atoms with E-state index in [9.17, 15) is 13.6 Å². The molecule has 0 aliphatic heterocycles. The van der Waals surface area contributed by atoms with E-state index >= 15 is 0 Å². The Morgan fingerprint density at radius 3 is 2.58 bits per heavy atom. The number of nitrogens with zero attached hydrogens (tertiary/aromatic N) is 2. The molecule has 0 atom stereocenters. The molecule has 1 aromatic heterocycles. The average molecular weight is 348 g/mol. The zero-order valence-electron chi connectivity index (χ0n) is 12.8. The van der Waals surface area contributed by atoms with Crippen molar-refractivity contribution in [1.29, 1.82) is 0 Å². The summed E-state index contributed by atoms with van der Waals surface area (Å²) in [5.41, 5.74) is 0.244. The first-order valence-electron chi connectivity index (χ1n) is 7.22. The van der Waals surface area contributed by atoms with E-state index in [2.05, 4.69) is 4.99 Å². The van der Waals surface area contributed by atoms with Crippen LogP contribution in [-0.4, -0.2) is 24.2 Å². The molecule has 3 rings (SSSR count). The molecule has 24 heavy (non-hydrogen) atoms. The van der Waals surface area contributed by atoms with Crippen LogP contribution in [0, 0.1) is 11.6 Å². The van der Waals surface area contributed by atoms with E-state index in [0.29, 0.717) is 18.0 Å². The zero-order chi connectivity index (χ0) is 17.1. The maximum Gasteiger partial charge on any atom is 0.285 e. The first-order chi connectivity index (χ1) is 11.6. The minimum atomic E-state index is -0.941. The topological polar surface area (TPSA) is 43.6 Å². The average Bonchev–Trinajstić information content (AvgIpc) is 2.90. The van der Waals surface area contributed by atoms with Gasteiger partial charge in [-0.1, -0.05) is 29.5 Å². The highest BCUT2D eigenvalue weighted by Crippen LogP contribution is 2.17. The lowest BCUT2D eigenvalue weighted by Crippen LogP contribution is -2.20. The molecule has 4 nitrogen and oxygen atoms in total. The van der Waals surface area contributed by atoms with Crippen molar-refractivity contribution in [1.82, 2.24) is 4.57 Å². The van der Waals surface area contributed by atoms with Crippen LogP contribution in [-0.2, 0) is 11.3 Å². The summed E-state index contributed by atoms with van der Waals surface area (Å²) in [6.45, 7) is 0.905. The van der Waals surface area contributed by atoms with E-state index in [-0.39, 0.29) is 0 Å². The van der Waals surface area contributed by atoms with Crippen molar-refractivity contribution in [3.8, 4) is 0 Å². The quantitative estimate of drug-likeness (QED) is 0.726. The Kier molecular flexibility index (Phi) is 4.82. The molecule has 1 heterocycles. The second-order valence-electron chi connectivity index (χ2n) is 5.01. The van der Waals surface area contributed by atoms with Gasteiger partial charge in [-0.25, -0.2) is 8.78 Å². The molecule has 0 fully saturated rings. The van der Waals surface area contributed by atoms with Crippen LogP contribution >= 0.6 is 11.3 Å². The highest BCUT2D eigenvalue weighted by Gasteiger charge is 2.17. The predicted molar refractivity (Wildman–Crippen MR) is 87.9 cm³/mol. The van der Waals surface area contributed by atoms with Crippen LogP contribution in [0.2, 0.25) is 0 Å². The van der Waals surface area contributed by atoms with Gasteiger partial charge in [0, 0.05) is 13.7 Å². The normalized spacial score (nSPS) is 12.0. The van der Waals surface area contributed by atoms with Crippen LogP contribution in [0.3, 0.4) is 0 Å². The number of ether oxygens (including phenoxy) is 1. The Labute approximate surface area is 140 Å². The Hall–Kier alpha value is -2.38. The molecule has 1 amide bonds. The minimum absolute atomic E-state index is 0.376. The van der Waals surface area contributed by atoms with Crippen molar-refractivity contribution in [3.05, 3.63) is 64.5 Å². The molecule has 0 N–H and O–H groups in total. The van der Waals surface area contributed by atoms with Gasteiger partial charge in [0.25, 0.3) is 5.91 Å². The molecular formula is C17H14F2N2O2S. The van der Waals surface area contributed by atoms with Gasteiger partial charge in [-0.15, -0.1) is 0 Å². The van der Waals surface area contributed by atoms with Crippen molar-refractivity contribution in [2.45, 2.75) is 6.54 Å². The Bertz CT molecular complexity index is 942. The fourth-order valence-corrected chi connectivity index (χ4v) is 3.40. The summed E-state index contributed by atoms with van der Waals surface area (Å²) in [7, 11) is 1.58. The molecule has 7 heteroatoms. The van der Waals surface area contributed by atoms with E-state index in [0.717, 1.165) is 22.3 Å². The fraction of sp³-hybridized carbons (Fsp3) is 0.176. The van der Waals surface area contributed by atoms with E-state index in [1.807, 2.05) is 24.3 Å². The summed E-state index contributed by atoms with van der Waals surface area (Å²) in [5.74, 6) is -2.79. The second kappa shape index (κ2) is 7.02. The number of thiazole rings is 1. The van der Waals surface area contributed by atoms with Gasteiger partial charge in [-0.3, -0.25) is 4.79 Å². The van der Waals surface area contributed by atoms with Crippen LogP contribution in [0.5, 0.6) is 0 Å². The summed E-state index contributed by atoms with van der Waals surface area (Å²) in [6.07, 6.45) is 0. The van der Waals surface area contributed by atoms with Crippen LogP contribution in [0.15, 0.2) is 47.5 Å². The maximum absolute atomic E-state index is 13.8. The lowest BCUT2D eigenvalue weighted by molar-refractivity contribution is 0.0989. The lowest BCUT2D eigenvalue weighted by Gasteiger charge is -2.04. The predicted octanol–water partition coefficient (Wildman–Crippen LogP) is 3.37. The number of carbonyl (C=O) groups excluding carboxylic acids is 1. The number of amides is 1. The number of para-hydroxylation sites is 1. The Morgan fingerprint density at radius 2 is 1.88 bits per heavy atom. The molecule has 124 valence electrons. The number of rotatable bonds is 4. The van der Waals surface area contributed by atoms with Crippen molar-refractivity contribution >= 4 is 27.5 Å². The largest absolute Gasteiger partial charge is 0.383 e. The smallest absolute Gasteiger partial charge is 0.285 e. The van der Waals surface area contributed by atoms with E-state index in [1.54, 1.807) is 11.7 Å². The third kappa shape index (κ3) is 3.13. The van der Waals surface area contributed by atoms with Crippen LogP contribution in [0.4, 0.5) is 8.78 Å². The standard InChI is InChI=1S/C17H14F2N2O2S/c1-23-10-9-21-13-7-2-3-8-14(13)24-17(21)20-16(22)15-11(18)5-4-6-12(15)19/h2-8H,9-10H2,1H3. The number of fused-ring (bicyclic) bond motifs is 1. The third-order valence-corrected chi connectivity index (χ3v) is 4.54. The molecule has 0 unspecified atom stereocenters. The zero-order valence-corrected chi connectivity index (χ0v) is 13.6. The molecular weight excluding hydrogens is 334 g/mol. The van der Waals surface area contributed by atoms with Gasteiger partial charge < -0.3 is 9.30 Å². The molecule has 0 aliphatic carbocycles. The number of hydrogen-bond acceptors (Lipinski definition) is 3. The van der Waals surface area contributed by atoms with Crippen molar-refractivity contribution < 1.29 is 18.3 Å². The van der Waals surface area contributed by atoms with Crippen LogP contribution in [0.1, 0.15) is 10.4 Å². The van der Waals surface area contributed by atoms with Crippen LogP contribution in [0.25, 0.3) is 10.2 Å². The van der Waals surface area contributed by atoms with Gasteiger partial charge >= 0.3 is 0 Å². The molecule has 2 aromatic carbocycles. The summed E-state index contributed by atoms with van der Waals surface area (Å²) < 4.78 is 35.3. The number of hydrogen-bond donors (Lipinski definition) is 0. The monoisotopic (exact) mass is 348 g/mol. The summed E-state index contributed by atoms with van der Waals surface area (Å²) in [5, 5.41) is 0. The number of halogens is 2. The molecule has 0 bridgehead atoms. The van der Waals surface area contributed by atoms with E-state index in [1.165, 1.54) is 17.4 Å². The van der Waals surface area contributed by atoms with Crippen LogP contribution < -0.4 is 4.80 Å². The Morgan fingerprint density at radius 1 is 1.17 bits per heavy atom. The summed E-state index contributed by atoms with van der Waals surface area (Å²) in [4.78, 5) is 16.6. The SMILES string of the molecule is COCCn1c(=NC(=O)c2c(F)cccc2F)sc2ccccc21. The van der Waals surface area contributed by atoms with Gasteiger partial charge in [0.15, 0.2) is 4.80 Å². The van der Waals surface area contributed by atoms with Gasteiger partial charge in [-0.2, -0.15) is 4.99 Å². The second-order valence-corrected chi connectivity index (χ2v) is 6.02. The van der Waals surface area contributed by atoms with E-state index in [4.69, 9.17) is 4.74 Å². The molecule has 0 aliphatic rings. The van der Waals surface area contributed by atoms with Gasteiger partial charge in [0.05, 0.1) is 16.8 Å². The number of aromatic nitrogens is 1. The van der Waals surface area contributed by atoms with Gasteiger partial charge in [0.2, 0.25) is 0 Å². The molecule has 0 radical (unpaired) electrons. The molecule has 3 aromatic rings. The maximum atomic E-state index is 13.8. The number of methoxy groups -OCH3 is 1. The molecule has 0 spiro atoms. The fourth-order valence-electron chi connectivity index (χ4n) is 2.35. The first-order valence-corrected chi connectivity index (χ1v) is 8.04. The Balaban J connectivity index is 2.14. The molecule has 0 saturated heterocycles. The van der Waals surface area contributed by atoms with Gasteiger partial charge in [-0.05, 0) is 24.3 Å². The first kappa shape index (κ1) is 16.5. The highest BCUT2D eigenvalue weighted by atomic mass is 32.1. The molecule has 0 saturated carbocycles. The number of carbonyl (C=O) groups is 1. The van der Waals surface area contributed by atoms with Gasteiger partial charge in [0.1, 0.15) is 17.2 Å². The third-order valence-electron chi connectivity index (χ3n) is 3.48. The lowest BCUT2D eigenvalue weighted by atomic mass is 10.2. The van der Waals surface area contributed by atoms with E-state index < -0.39 is 23.1 Å².